The molecule has 1 aromatic rings. The van der Waals surface area contributed by atoms with Gasteiger partial charge in [-0.2, -0.15) is 0 Å². The number of rotatable bonds is 6. The second-order valence-electron chi connectivity index (χ2n) is 5.77. The molecule has 106 valence electrons. The minimum absolute atomic E-state index is 0.00833. The van der Waals surface area contributed by atoms with Gasteiger partial charge >= 0.3 is 0 Å². The molecule has 0 radical (unpaired) electrons. The topological polar surface area (TPSA) is 54.0 Å². The van der Waals surface area contributed by atoms with E-state index in [0.29, 0.717) is 5.69 Å². The number of nitrogens with one attached hydrogen (secondary N) is 2. The summed E-state index contributed by atoms with van der Waals surface area (Å²) >= 11 is 0. The van der Waals surface area contributed by atoms with Crippen LogP contribution in [0.2, 0.25) is 0 Å². The molecule has 1 amide bonds. The van der Waals surface area contributed by atoms with Crippen LogP contribution in [0.3, 0.4) is 0 Å². The Morgan fingerprint density at radius 2 is 2.00 bits per heavy atom. The first-order chi connectivity index (χ1) is 8.92. The number of pyridine rings is 1. The average molecular weight is 263 g/mol. The summed E-state index contributed by atoms with van der Waals surface area (Å²) in [4.78, 5) is 16.0. The summed E-state index contributed by atoms with van der Waals surface area (Å²) in [5.41, 5.74) is 1.39. The first kappa shape index (κ1) is 15.5. The van der Waals surface area contributed by atoms with Crippen molar-refractivity contribution in [2.75, 3.05) is 11.9 Å². The molecule has 0 aliphatic heterocycles. The Morgan fingerprint density at radius 3 is 2.53 bits per heavy atom. The molecule has 0 unspecified atom stereocenters. The summed E-state index contributed by atoms with van der Waals surface area (Å²) in [6, 6.07) is 3.64. The third-order valence-electron chi connectivity index (χ3n) is 2.58. The van der Waals surface area contributed by atoms with E-state index in [9.17, 15) is 4.79 Å². The molecule has 1 heterocycles. The molecule has 1 rings (SSSR count). The van der Waals surface area contributed by atoms with Gasteiger partial charge in [-0.1, -0.05) is 19.8 Å². The maximum absolute atomic E-state index is 11.8. The SMILES string of the molecule is CCCCCNC(=O)c1ccc(NC(C)(C)C)cn1. The lowest BCUT2D eigenvalue weighted by atomic mass is 10.1. The Bertz CT molecular complexity index is 393. The van der Waals surface area contributed by atoms with Gasteiger partial charge in [-0.3, -0.25) is 4.79 Å². The van der Waals surface area contributed by atoms with Crippen molar-refractivity contribution in [2.45, 2.75) is 52.5 Å². The Balaban J connectivity index is 2.49. The Morgan fingerprint density at radius 1 is 1.26 bits per heavy atom. The van der Waals surface area contributed by atoms with Crippen molar-refractivity contribution in [3.63, 3.8) is 0 Å². The highest BCUT2D eigenvalue weighted by Crippen LogP contribution is 2.13. The van der Waals surface area contributed by atoms with Crippen LogP contribution in [-0.4, -0.2) is 23.0 Å². The largest absolute Gasteiger partial charge is 0.379 e. The average Bonchev–Trinajstić information content (AvgIpc) is 2.33. The van der Waals surface area contributed by atoms with Gasteiger partial charge in [0, 0.05) is 12.1 Å². The van der Waals surface area contributed by atoms with Crippen molar-refractivity contribution >= 4 is 11.6 Å². The van der Waals surface area contributed by atoms with Crippen LogP contribution in [0.4, 0.5) is 5.69 Å². The molecule has 1 aromatic heterocycles. The van der Waals surface area contributed by atoms with E-state index in [0.717, 1.165) is 31.5 Å². The van der Waals surface area contributed by atoms with E-state index in [-0.39, 0.29) is 11.4 Å². The second kappa shape index (κ2) is 7.12. The van der Waals surface area contributed by atoms with Gasteiger partial charge in [-0.05, 0) is 39.3 Å². The van der Waals surface area contributed by atoms with Gasteiger partial charge in [0.1, 0.15) is 5.69 Å². The third kappa shape index (κ3) is 6.22. The molecule has 0 fully saturated rings. The molecule has 4 heteroatoms. The minimum Gasteiger partial charge on any atom is -0.379 e. The Hall–Kier alpha value is -1.58. The molecule has 0 atom stereocenters. The summed E-state index contributed by atoms with van der Waals surface area (Å²) in [6.45, 7) is 9.12. The smallest absolute Gasteiger partial charge is 0.269 e. The van der Waals surface area contributed by atoms with E-state index in [2.05, 4.69) is 43.3 Å². The molecular formula is C15H25N3O. The molecule has 0 saturated heterocycles. The summed E-state index contributed by atoms with van der Waals surface area (Å²) in [6.07, 6.45) is 5.02. The maximum atomic E-state index is 11.8. The first-order valence-corrected chi connectivity index (χ1v) is 6.95. The summed E-state index contributed by atoms with van der Waals surface area (Å²) in [7, 11) is 0. The van der Waals surface area contributed by atoms with Gasteiger partial charge < -0.3 is 10.6 Å². The van der Waals surface area contributed by atoms with Crippen LogP contribution in [0.1, 0.15) is 57.4 Å². The Kier molecular flexibility index (Phi) is 5.80. The van der Waals surface area contributed by atoms with Crippen molar-refractivity contribution < 1.29 is 4.79 Å². The number of amides is 1. The molecule has 4 nitrogen and oxygen atoms in total. The van der Waals surface area contributed by atoms with Crippen molar-refractivity contribution in [3.05, 3.63) is 24.0 Å². The number of anilines is 1. The van der Waals surface area contributed by atoms with Crippen LogP contribution < -0.4 is 10.6 Å². The molecule has 0 aliphatic carbocycles. The standard InChI is InChI=1S/C15H25N3O/c1-5-6-7-10-16-14(19)13-9-8-12(11-17-13)18-15(2,3)4/h8-9,11,18H,5-7,10H2,1-4H3,(H,16,19). The van der Waals surface area contributed by atoms with Crippen LogP contribution in [0.5, 0.6) is 0 Å². The zero-order valence-corrected chi connectivity index (χ0v) is 12.4. The Labute approximate surface area is 116 Å². The number of hydrogen-bond acceptors (Lipinski definition) is 3. The molecule has 0 bridgehead atoms. The van der Waals surface area contributed by atoms with Gasteiger partial charge in [0.25, 0.3) is 5.91 Å². The van der Waals surface area contributed by atoms with E-state index in [1.165, 1.54) is 0 Å². The van der Waals surface area contributed by atoms with E-state index >= 15 is 0 Å². The highest BCUT2D eigenvalue weighted by molar-refractivity contribution is 5.92. The monoisotopic (exact) mass is 263 g/mol. The minimum atomic E-state index is -0.0987. The highest BCUT2D eigenvalue weighted by atomic mass is 16.1. The number of carbonyl (C=O) groups excluding carboxylic acids is 1. The third-order valence-corrected chi connectivity index (χ3v) is 2.58. The first-order valence-electron chi connectivity index (χ1n) is 6.95. The lowest BCUT2D eigenvalue weighted by molar-refractivity contribution is 0.0948. The van der Waals surface area contributed by atoms with Crippen molar-refractivity contribution in [3.8, 4) is 0 Å². The van der Waals surface area contributed by atoms with E-state index in [4.69, 9.17) is 0 Å². The number of unbranched alkanes of at least 4 members (excludes halogenated alkanes) is 2. The number of hydrogen-bond donors (Lipinski definition) is 2. The van der Waals surface area contributed by atoms with Gasteiger partial charge in [-0.25, -0.2) is 4.98 Å². The maximum Gasteiger partial charge on any atom is 0.269 e. The predicted octanol–water partition coefficient (Wildman–Crippen LogP) is 3.21. The van der Waals surface area contributed by atoms with E-state index in [1.54, 1.807) is 12.3 Å². The van der Waals surface area contributed by atoms with Crippen molar-refractivity contribution in [1.29, 1.82) is 0 Å². The van der Waals surface area contributed by atoms with Gasteiger partial charge in [0.15, 0.2) is 0 Å². The van der Waals surface area contributed by atoms with Gasteiger partial charge in [0.05, 0.1) is 11.9 Å². The zero-order chi connectivity index (χ0) is 14.3. The molecule has 2 N–H and O–H groups in total. The predicted molar refractivity (Wildman–Crippen MR) is 79.5 cm³/mol. The van der Waals surface area contributed by atoms with Gasteiger partial charge in [0.2, 0.25) is 0 Å². The molecule has 19 heavy (non-hydrogen) atoms. The molecule has 0 aliphatic rings. The van der Waals surface area contributed by atoms with Crippen LogP contribution >= 0.6 is 0 Å². The quantitative estimate of drug-likeness (QED) is 0.775. The fourth-order valence-corrected chi connectivity index (χ4v) is 1.70. The molecule has 0 saturated carbocycles. The molecule has 0 aromatic carbocycles. The van der Waals surface area contributed by atoms with Crippen LogP contribution in [0, 0.1) is 0 Å². The van der Waals surface area contributed by atoms with E-state index in [1.807, 2.05) is 6.07 Å². The van der Waals surface area contributed by atoms with Crippen molar-refractivity contribution in [2.24, 2.45) is 0 Å². The van der Waals surface area contributed by atoms with E-state index < -0.39 is 0 Å². The van der Waals surface area contributed by atoms with Gasteiger partial charge in [-0.15, -0.1) is 0 Å². The van der Waals surface area contributed by atoms with Crippen molar-refractivity contribution in [1.82, 2.24) is 10.3 Å². The second-order valence-corrected chi connectivity index (χ2v) is 5.77. The lowest BCUT2D eigenvalue weighted by Crippen LogP contribution is -2.27. The summed E-state index contributed by atoms with van der Waals surface area (Å²) in [5, 5.41) is 6.19. The van der Waals surface area contributed by atoms with Crippen LogP contribution in [0.25, 0.3) is 0 Å². The summed E-state index contributed by atoms with van der Waals surface area (Å²) < 4.78 is 0. The van der Waals surface area contributed by atoms with Crippen LogP contribution in [-0.2, 0) is 0 Å². The number of aromatic nitrogens is 1. The summed E-state index contributed by atoms with van der Waals surface area (Å²) in [5.74, 6) is -0.0987. The number of nitrogens with zero attached hydrogens (tertiary/aromatic N) is 1. The molecular weight excluding hydrogens is 238 g/mol. The fraction of sp³-hybridized carbons (Fsp3) is 0.600. The lowest BCUT2D eigenvalue weighted by Gasteiger charge is -2.21. The normalized spacial score (nSPS) is 11.2. The molecule has 0 spiro atoms. The number of carbonyl (C=O) groups is 1. The fourth-order valence-electron chi connectivity index (χ4n) is 1.70. The zero-order valence-electron chi connectivity index (χ0n) is 12.4. The van der Waals surface area contributed by atoms with Crippen LogP contribution in [0.15, 0.2) is 18.3 Å². The highest BCUT2D eigenvalue weighted by Gasteiger charge is 2.10.